The van der Waals surface area contributed by atoms with E-state index in [4.69, 9.17) is 4.42 Å². The lowest BCUT2D eigenvalue weighted by molar-refractivity contribution is 0.0770. The maximum atomic E-state index is 13.6. The number of aromatic nitrogens is 1. The minimum Gasteiger partial charge on any atom is -0.464 e. The van der Waals surface area contributed by atoms with E-state index < -0.39 is 5.82 Å². The molecule has 110 valence electrons. The highest BCUT2D eigenvalue weighted by atomic mass is 19.1. The van der Waals surface area contributed by atoms with Crippen LogP contribution >= 0.6 is 0 Å². The van der Waals surface area contributed by atoms with Gasteiger partial charge in [0.05, 0.1) is 18.3 Å². The summed E-state index contributed by atoms with van der Waals surface area (Å²) in [5.74, 6) is 1.89. The third-order valence-electron chi connectivity index (χ3n) is 3.90. The van der Waals surface area contributed by atoms with Gasteiger partial charge in [0.25, 0.3) is 5.91 Å². The normalized spacial score (nSPS) is 20.3. The first-order valence-corrected chi connectivity index (χ1v) is 7.00. The second-order valence-electron chi connectivity index (χ2n) is 5.64. The van der Waals surface area contributed by atoms with Crippen LogP contribution in [-0.2, 0) is 6.54 Å². The summed E-state index contributed by atoms with van der Waals surface area (Å²) in [6, 6.07) is 5.23. The van der Waals surface area contributed by atoms with Crippen molar-refractivity contribution in [2.75, 3.05) is 7.05 Å². The number of furan rings is 1. The number of hydrogen-bond donors (Lipinski definition) is 0. The highest BCUT2D eigenvalue weighted by Crippen LogP contribution is 2.47. The number of halogens is 1. The Kier molecular flexibility index (Phi) is 3.49. The molecule has 5 heteroatoms. The van der Waals surface area contributed by atoms with E-state index in [1.54, 1.807) is 7.05 Å². The lowest BCUT2D eigenvalue weighted by atomic mass is 10.2. The molecular formula is C16H17FN2O2. The van der Waals surface area contributed by atoms with Crippen LogP contribution in [0.1, 0.15) is 41.1 Å². The Bertz CT molecular complexity index is 668. The molecule has 3 rings (SSSR count). The van der Waals surface area contributed by atoms with Crippen molar-refractivity contribution in [3.63, 3.8) is 0 Å². The fourth-order valence-corrected chi connectivity index (χ4v) is 2.46. The molecule has 2 unspecified atom stereocenters. The minimum absolute atomic E-state index is 0.0232. The van der Waals surface area contributed by atoms with Gasteiger partial charge >= 0.3 is 0 Å². The molecule has 2 aromatic rings. The highest BCUT2D eigenvalue weighted by molar-refractivity contribution is 5.94. The molecule has 1 saturated carbocycles. The fraction of sp³-hybridized carbons (Fsp3) is 0.375. The zero-order valence-corrected chi connectivity index (χ0v) is 12.0. The first kappa shape index (κ1) is 13.8. The molecule has 21 heavy (non-hydrogen) atoms. The van der Waals surface area contributed by atoms with Gasteiger partial charge in [-0.15, -0.1) is 0 Å². The zero-order chi connectivity index (χ0) is 15.0. The summed E-state index contributed by atoms with van der Waals surface area (Å²) in [4.78, 5) is 17.3. The van der Waals surface area contributed by atoms with Crippen LogP contribution in [0.2, 0.25) is 0 Å². The quantitative estimate of drug-likeness (QED) is 0.868. The monoisotopic (exact) mass is 288 g/mol. The topological polar surface area (TPSA) is 46.3 Å². The SMILES string of the molecule is CC1CC1c1ccc(CN(C)C(=O)c2ccncc2F)o1. The molecule has 0 saturated heterocycles. The molecule has 0 bridgehead atoms. The zero-order valence-electron chi connectivity index (χ0n) is 12.0. The van der Waals surface area contributed by atoms with Gasteiger partial charge in [0, 0.05) is 19.2 Å². The van der Waals surface area contributed by atoms with Gasteiger partial charge in [0.1, 0.15) is 11.5 Å². The highest BCUT2D eigenvalue weighted by Gasteiger charge is 2.36. The average molecular weight is 288 g/mol. The van der Waals surface area contributed by atoms with E-state index in [0.29, 0.717) is 18.4 Å². The molecule has 2 atom stereocenters. The van der Waals surface area contributed by atoms with Crippen molar-refractivity contribution in [1.29, 1.82) is 0 Å². The number of nitrogens with zero attached hydrogens (tertiary/aromatic N) is 2. The van der Waals surface area contributed by atoms with Crippen LogP contribution < -0.4 is 0 Å². The van der Waals surface area contributed by atoms with E-state index in [1.807, 2.05) is 12.1 Å². The smallest absolute Gasteiger partial charge is 0.257 e. The van der Waals surface area contributed by atoms with Crippen molar-refractivity contribution < 1.29 is 13.6 Å². The second kappa shape index (κ2) is 5.31. The maximum Gasteiger partial charge on any atom is 0.257 e. The van der Waals surface area contributed by atoms with Gasteiger partial charge in [-0.3, -0.25) is 9.78 Å². The van der Waals surface area contributed by atoms with E-state index in [1.165, 1.54) is 17.2 Å². The van der Waals surface area contributed by atoms with E-state index in [0.717, 1.165) is 24.1 Å². The van der Waals surface area contributed by atoms with Crippen LogP contribution in [0.3, 0.4) is 0 Å². The average Bonchev–Trinajstić information content (AvgIpc) is 3.01. The lowest BCUT2D eigenvalue weighted by Crippen LogP contribution is -2.26. The fourth-order valence-electron chi connectivity index (χ4n) is 2.46. The molecular weight excluding hydrogens is 271 g/mol. The molecule has 2 aromatic heterocycles. The van der Waals surface area contributed by atoms with Crippen molar-refractivity contribution in [2.45, 2.75) is 25.8 Å². The molecule has 1 aliphatic rings. The Hall–Kier alpha value is -2.17. The van der Waals surface area contributed by atoms with Gasteiger partial charge in [0.15, 0.2) is 5.82 Å². The van der Waals surface area contributed by atoms with Crippen LogP contribution in [0, 0.1) is 11.7 Å². The Morgan fingerprint density at radius 2 is 2.24 bits per heavy atom. The minimum atomic E-state index is -0.610. The summed E-state index contributed by atoms with van der Waals surface area (Å²) in [5, 5.41) is 0. The number of amides is 1. The van der Waals surface area contributed by atoms with Crippen molar-refractivity contribution in [2.24, 2.45) is 5.92 Å². The summed E-state index contributed by atoms with van der Waals surface area (Å²) in [6.45, 7) is 2.51. The van der Waals surface area contributed by atoms with Crippen molar-refractivity contribution in [3.8, 4) is 0 Å². The molecule has 0 N–H and O–H groups in total. The molecule has 0 aliphatic heterocycles. The maximum absolute atomic E-state index is 13.6. The van der Waals surface area contributed by atoms with Crippen molar-refractivity contribution in [1.82, 2.24) is 9.88 Å². The predicted octanol–water partition coefficient (Wildman–Crippen LogP) is 3.21. The van der Waals surface area contributed by atoms with Gasteiger partial charge in [-0.1, -0.05) is 6.92 Å². The number of hydrogen-bond acceptors (Lipinski definition) is 3. The first-order chi connectivity index (χ1) is 10.1. The van der Waals surface area contributed by atoms with E-state index >= 15 is 0 Å². The Morgan fingerprint density at radius 1 is 1.48 bits per heavy atom. The number of carbonyl (C=O) groups excluding carboxylic acids is 1. The van der Waals surface area contributed by atoms with E-state index in [9.17, 15) is 9.18 Å². The van der Waals surface area contributed by atoms with E-state index in [-0.39, 0.29) is 11.5 Å². The summed E-state index contributed by atoms with van der Waals surface area (Å²) in [5.41, 5.74) is 0.0232. The molecule has 0 radical (unpaired) electrons. The van der Waals surface area contributed by atoms with Gasteiger partial charge in [-0.05, 0) is 30.5 Å². The third-order valence-corrected chi connectivity index (χ3v) is 3.90. The molecule has 0 aromatic carbocycles. The molecule has 1 aliphatic carbocycles. The Balaban J connectivity index is 1.68. The molecule has 1 fully saturated rings. The summed E-state index contributed by atoms with van der Waals surface area (Å²) >= 11 is 0. The second-order valence-corrected chi connectivity index (χ2v) is 5.64. The van der Waals surface area contributed by atoms with Crippen LogP contribution in [-0.4, -0.2) is 22.8 Å². The largest absolute Gasteiger partial charge is 0.464 e. The number of pyridine rings is 1. The Morgan fingerprint density at radius 3 is 2.90 bits per heavy atom. The third kappa shape index (κ3) is 2.82. The summed E-state index contributed by atoms with van der Waals surface area (Å²) < 4.78 is 19.3. The number of carbonyl (C=O) groups is 1. The summed E-state index contributed by atoms with van der Waals surface area (Å²) in [6.07, 6.45) is 3.61. The lowest BCUT2D eigenvalue weighted by Gasteiger charge is -2.15. The van der Waals surface area contributed by atoms with Crippen molar-refractivity contribution in [3.05, 3.63) is 53.5 Å². The van der Waals surface area contributed by atoms with Crippen LogP contribution in [0.25, 0.3) is 0 Å². The van der Waals surface area contributed by atoms with Gasteiger partial charge in [-0.25, -0.2) is 4.39 Å². The first-order valence-electron chi connectivity index (χ1n) is 7.00. The molecule has 0 spiro atoms. The summed E-state index contributed by atoms with van der Waals surface area (Å²) in [7, 11) is 1.63. The van der Waals surface area contributed by atoms with Crippen molar-refractivity contribution >= 4 is 5.91 Å². The Labute approximate surface area is 122 Å². The van der Waals surface area contributed by atoms with Crippen LogP contribution in [0.4, 0.5) is 4.39 Å². The van der Waals surface area contributed by atoms with E-state index in [2.05, 4.69) is 11.9 Å². The standard InChI is InChI=1S/C16H17FN2O2/c1-10-7-13(10)15-4-3-11(21-15)9-19(2)16(20)12-5-6-18-8-14(12)17/h3-6,8,10,13H,7,9H2,1-2H3. The van der Waals surface area contributed by atoms with Gasteiger partial charge in [-0.2, -0.15) is 0 Å². The molecule has 2 heterocycles. The molecule has 4 nitrogen and oxygen atoms in total. The van der Waals surface area contributed by atoms with Crippen LogP contribution in [0.15, 0.2) is 35.0 Å². The van der Waals surface area contributed by atoms with Gasteiger partial charge < -0.3 is 9.32 Å². The van der Waals surface area contributed by atoms with Gasteiger partial charge in [0.2, 0.25) is 0 Å². The van der Waals surface area contributed by atoms with Crippen LogP contribution in [0.5, 0.6) is 0 Å². The predicted molar refractivity (Wildman–Crippen MR) is 75.2 cm³/mol. The molecule has 1 amide bonds. The number of rotatable bonds is 4.